The Bertz CT molecular complexity index is 517. The molecule has 5 nitrogen and oxygen atoms in total. The van der Waals surface area contributed by atoms with E-state index in [-0.39, 0.29) is 18.6 Å². The van der Waals surface area contributed by atoms with Gasteiger partial charge < -0.3 is 19.5 Å². The zero-order chi connectivity index (χ0) is 14.1. The standard InChI is InChI=1S/C15H19NO4/c1-10-5-6-16(12(10)9-17)15(18)11-3-2-4-13-14(11)20-8-7-19-13/h2-4,10,12,17H,5-9H2,1H3. The molecule has 2 aliphatic heterocycles. The summed E-state index contributed by atoms with van der Waals surface area (Å²) in [6.07, 6.45) is 0.920. The summed E-state index contributed by atoms with van der Waals surface area (Å²) in [7, 11) is 0. The van der Waals surface area contributed by atoms with Gasteiger partial charge in [0.05, 0.1) is 18.2 Å². The van der Waals surface area contributed by atoms with Gasteiger partial charge >= 0.3 is 0 Å². The predicted octanol–water partition coefficient (Wildman–Crippen LogP) is 1.30. The molecule has 0 aliphatic carbocycles. The molecule has 20 heavy (non-hydrogen) atoms. The summed E-state index contributed by atoms with van der Waals surface area (Å²) in [5.41, 5.74) is 0.523. The van der Waals surface area contributed by atoms with Crippen LogP contribution in [0.2, 0.25) is 0 Å². The fourth-order valence-corrected chi connectivity index (χ4v) is 2.94. The molecular formula is C15H19NO4. The topological polar surface area (TPSA) is 59.0 Å². The molecule has 2 atom stereocenters. The molecule has 0 saturated carbocycles. The maximum atomic E-state index is 12.7. The molecule has 0 radical (unpaired) electrons. The molecular weight excluding hydrogens is 258 g/mol. The van der Waals surface area contributed by atoms with Crippen molar-refractivity contribution in [2.24, 2.45) is 5.92 Å². The summed E-state index contributed by atoms with van der Waals surface area (Å²) in [6.45, 7) is 3.70. The number of aliphatic hydroxyl groups excluding tert-OH is 1. The van der Waals surface area contributed by atoms with Gasteiger partial charge in [-0.05, 0) is 24.5 Å². The first kappa shape index (κ1) is 13.2. The van der Waals surface area contributed by atoms with Gasteiger partial charge in [-0.3, -0.25) is 4.79 Å². The highest BCUT2D eigenvalue weighted by atomic mass is 16.6. The van der Waals surface area contributed by atoms with Crippen LogP contribution < -0.4 is 9.47 Å². The van der Waals surface area contributed by atoms with Crippen molar-refractivity contribution in [2.45, 2.75) is 19.4 Å². The first-order valence-electron chi connectivity index (χ1n) is 7.03. The zero-order valence-electron chi connectivity index (χ0n) is 11.5. The summed E-state index contributed by atoms with van der Waals surface area (Å²) < 4.78 is 11.1. The minimum atomic E-state index is -0.108. The van der Waals surface area contributed by atoms with Gasteiger partial charge in [0.2, 0.25) is 0 Å². The number of benzene rings is 1. The maximum absolute atomic E-state index is 12.7. The number of carbonyl (C=O) groups excluding carboxylic acids is 1. The number of aliphatic hydroxyl groups is 1. The van der Waals surface area contributed by atoms with E-state index in [0.717, 1.165) is 6.42 Å². The van der Waals surface area contributed by atoms with Crippen molar-refractivity contribution in [3.63, 3.8) is 0 Å². The van der Waals surface area contributed by atoms with Crippen LogP contribution >= 0.6 is 0 Å². The second-order valence-electron chi connectivity index (χ2n) is 5.34. The highest BCUT2D eigenvalue weighted by Crippen LogP contribution is 2.36. The van der Waals surface area contributed by atoms with Crippen molar-refractivity contribution in [3.05, 3.63) is 23.8 Å². The Hall–Kier alpha value is -1.75. The minimum absolute atomic E-state index is 0.000706. The minimum Gasteiger partial charge on any atom is -0.486 e. The number of rotatable bonds is 2. The van der Waals surface area contributed by atoms with Gasteiger partial charge in [-0.25, -0.2) is 0 Å². The van der Waals surface area contributed by atoms with Gasteiger partial charge in [-0.2, -0.15) is 0 Å². The Morgan fingerprint density at radius 3 is 3.00 bits per heavy atom. The Morgan fingerprint density at radius 1 is 1.40 bits per heavy atom. The molecule has 2 heterocycles. The fraction of sp³-hybridized carbons (Fsp3) is 0.533. The SMILES string of the molecule is CC1CCN(C(=O)c2cccc3c2OCCO3)C1CO. The van der Waals surface area contributed by atoms with Gasteiger partial charge in [-0.15, -0.1) is 0 Å². The van der Waals surface area contributed by atoms with Gasteiger partial charge in [0.15, 0.2) is 11.5 Å². The van der Waals surface area contributed by atoms with Crippen molar-refractivity contribution in [1.29, 1.82) is 0 Å². The molecule has 108 valence electrons. The van der Waals surface area contributed by atoms with Crippen LogP contribution in [0.25, 0.3) is 0 Å². The molecule has 0 spiro atoms. The lowest BCUT2D eigenvalue weighted by Crippen LogP contribution is -2.40. The van der Waals surface area contributed by atoms with E-state index in [0.29, 0.717) is 42.7 Å². The molecule has 1 N–H and O–H groups in total. The van der Waals surface area contributed by atoms with Gasteiger partial charge in [0.25, 0.3) is 5.91 Å². The molecule has 2 aliphatic rings. The lowest BCUT2D eigenvalue weighted by Gasteiger charge is -2.27. The zero-order valence-corrected chi connectivity index (χ0v) is 11.5. The molecule has 1 aromatic carbocycles. The van der Waals surface area contributed by atoms with Gasteiger partial charge in [0.1, 0.15) is 13.2 Å². The second kappa shape index (κ2) is 5.32. The molecule has 1 aromatic rings. The van der Waals surface area contributed by atoms with Crippen LogP contribution in [0.5, 0.6) is 11.5 Å². The van der Waals surface area contributed by atoms with Crippen LogP contribution in [0.3, 0.4) is 0 Å². The van der Waals surface area contributed by atoms with E-state index in [1.165, 1.54) is 0 Å². The van der Waals surface area contributed by atoms with Crippen molar-refractivity contribution < 1.29 is 19.4 Å². The van der Waals surface area contributed by atoms with E-state index in [4.69, 9.17) is 9.47 Å². The summed E-state index contributed by atoms with van der Waals surface area (Å²) in [5, 5.41) is 9.49. The summed E-state index contributed by atoms with van der Waals surface area (Å²) in [5.74, 6) is 1.38. The largest absolute Gasteiger partial charge is 0.486 e. The van der Waals surface area contributed by atoms with Crippen LogP contribution in [-0.4, -0.2) is 48.3 Å². The molecule has 0 bridgehead atoms. The van der Waals surface area contributed by atoms with E-state index in [9.17, 15) is 9.90 Å². The van der Waals surface area contributed by atoms with E-state index in [1.54, 1.807) is 23.1 Å². The molecule has 3 rings (SSSR count). The predicted molar refractivity (Wildman–Crippen MR) is 73.1 cm³/mol. The molecule has 0 aromatic heterocycles. The first-order chi connectivity index (χ1) is 9.72. The molecule has 1 saturated heterocycles. The summed E-state index contributed by atoms with van der Waals surface area (Å²) in [6, 6.07) is 5.26. The second-order valence-corrected chi connectivity index (χ2v) is 5.34. The van der Waals surface area contributed by atoms with Crippen molar-refractivity contribution >= 4 is 5.91 Å². The average molecular weight is 277 g/mol. The van der Waals surface area contributed by atoms with Crippen LogP contribution in [0, 0.1) is 5.92 Å². The number of amides is 1. The molecule has 1 amide bonds. The van der Waals surface area contributed by atoms with Crippen molar-refractivity contribution in [1.82, 2.24) is 4.90 Å². The van der Waals surface area contributed by atoms with E-state index in [2.05, 4.69) is 6.92 Å². The van der Waals surface area contributed by atoms with E-state index >= 15 is 0 Å². The summed E-state index contributed by atoms with van der Waals surface area (Å²) >= 11 is 0. The summed E-state index contributed by atoms with van der Waals surface area (Å²) in [4.78, 5) is 14.5. The Balaban J connectivity index is 1.91. The van der Waals surface area contributed by atoms with Gasteiger partial charge in [-0.1, -0.05) is 13.0 Å². The smallest absolute Gasteiger partial charge is 0.258 e. The van der Waals surface area contributed by atoms with Crippen LogP contribution in [0.1, 0.15) is 23.7 Å². The molecule has 1 fully saturated rings. The average Bonchev–Trinajstić information content (AvgIpc) is 2.86. The fourth-order valence-electron chi connectivity index (χ4n) is 2.94. The number of hydrogen-bond acceptors (Lipinski definition) is 4. The lowest BCUT2D eigenvalue weighted by molar-refractivity contribution is 0.0639. The third-order valence-electron chi connectivity index (χ3n) is 4.13. The first-order valence-corrected chi connectivity index (χ1v) is 7.03. The Labute approximate surface area is 118 Å². The monoisotopic (exact) mass is 277 g/mol. The maximum Gasteiger partial charge on any atom is 0.258 e. The third-order valence-corrected chi connectivity index (χ3v) is 4.13. The lowest BCUT2D eigenvalue weighted by atomic mass is 10.0. The normalized spacial score (nSPS) is 24.8. The number of carbonyl (C=O) groups is 1. The number of fused-ring (bicyclic) bond motifs is 1. The number of nitrogens with zero attached hydrogens (tertiary/aromatic N) is 1. The van der Waals surface area contributed by atoms with Crippen LogP contribution in [0.15, 0.2) is 18.2 Å². The van der Waals surface area contributed by atoms with E-state index in [1.807, 2.05) is 0 Å². The molecule has 5 heteroatoms. The van der Waals surface area contributed by atoms with Crippen molar-refractivity contribution in [3.8, 4) is 11.5 Å². The highest BCUT2D eigenvalue weighted by molar-refractivity contribution is 5.98. The van der Waals surface area contributed by atoms with Crippen molar-refractivity contribution in [2.75, 3.05) is 26.4 Å². The number of hydrogen-bond donors (Lipinski definition) is 1. The third kappa shape index (κ3) is 2.12. The molecule has 2 unspecified atom stereocenters. The Kier molecular flexibility index (Phi) is 3.53. The van der Waals surface area contributed by atoms with E-state index < -0.39 is 0 Å². The van der Waals surface area contributed by atoms with Gasteiger partial charge in [0, 0.05) is 6.54 Å². The van der Waals surface area contributed by atoms with Crippen LogP contribution in [0.4, 0.5) is 0 Å². The number of likely N-dealkylation sites (tertiary alicyclic amines) is 1. The Morgan fingerprint density at radius 2 is 2.20 bits per heavy atom. The quantitative estimate of drug-likeness (QED) is 0.885. The van der Waals surface area contributed by atoms with Crippen LogP contribution in [-0.2, 0) is 0 Å². The number of para-hydroxylation sites is 1. The number of ether oxygens (including phenoxy) is 2. The highest BCUT2D eigenvalue weighted by Gasteiger charge is 2.36.